The molecule has 4 atom stereocenters. The second-order valence-corrected chi connectivity index (χ2v) is 6.15. The molecule has 5 nitrogen and oxygen atoms in total. The Morgan fingerprint density at radius 3 is 2.75 bits per heavy atom. The van der Waals surface area contributed by atoms with Gasteiger partial charge in [-0.3, -0.25) is 0 Å². The van der Waals surface area contributed by atoms with Crippen LogP contribution in [-0.2, 0) is 4.84 Å². The molecule has 2 bridgehead atoms. The summed E-state index contributed by atoms with van der Waals surface area (Å²) in [5.74, 6) is 0.974. The highest BCUT2D eigenvalue weighted by molar-refractivity contribution is 5.03. The van der Waals surface area contributed by atoms with E-state index in [0.717, 1.165) is 25.7 Å². The molecule has 0 aromatic carbocycles. The standard InChI is InChI=1S/C11H20N2O3/c1-8-3-9-5-10(2,12)7-11(4-8,6-9)16-13(14)15/h8-9H,3-7,12H2,1-2H3. The highest BCUT2D eigenvalue weighted by Gasteiger charge is 2.50. The molecule has 0 amide bonds. The Hall–Kier alpha value is -0.840. The second kappa shape index (κ2) is 3.58. The van der Waals surface area contributed by atoms with Gasteiger partial charge in [0.15, 0.2) is 0 Å². The predicted molar refractivity (Wildman–Crippen MR) is 59.1 cm³/mol. The van der Waals surface area contributed by atoms with Crippen molar-refractivity contribution < 1.29 is 9.92 Å². The van der Waals surface area contributed by atoms with Crippen molar-refractivity contribution in [2.75, 3.05) is 0 Å². The molecular formula is C11H20N2O3. The molecule has 2 aliphatic rings. The van der Waals surface area contributed by atoms with Crippen LogP contribution in [0.5, 0.6) is 0 Å². The first-order chi connectivity index (χ1) is 7.30. The Bertz CT molecular complexity index is 302. The molecule has 16 heavy (non-hydrogen) atoms. The smallest absolute Gasteiger partial charge is 0.295 e. The van der Waals surface area contributed by atoms with E-state index in [1.165, 1.54) is 0 Å². The Balaban J connectivity index is 2.21. The van der Waals surface area contributed by atoms with Crippen LogP contribution in [0.1, 0.15) is 46.0 Å². The first-order valence-electron chi connectivity index (χ1n) is 5.93. The summed E-state index contributed by atoms with van der Waals surface area (Å²) in [6.07, 6.45) is 4.24. The molecule has 2 fully saturated rings. The summed E-state index contributed by atoms with van der Waals surface area (Å²) >= 11 is 0. The fourth-order valence-electron chi connectivity index (χ4n) is 4.01. The number of nitrogens with zero attached hydrogens (tertiary/aromatic N) is 1. The van der Waals surface area contributed by atoms with E-state index in [2.05, 4.69) is 6.92 Å². The lowest BCUT2D eigenvalue weighted by Crippen LogP contribution is -2.57. The monoisotopic (exact) mass is 228 g/mol. The average molecular weight is 228 g/mol. The molecule has 0 radical (unpaired) electrons. The molecule has 92 valence electrons. The molecule has 0 heterocycles. The summed E-state index contributed by atoms with van der Waals surface area (Å²) in [5.41, 5.74) is 5.23. The zero-order chi connectivity index (χ0) is 12.0. The van der Waals surface area contributed by atoms with Crippen LogP contribution in [0, 0.1) is 22.0 Å². The van der Waals surface area contributed by atoms with Gasteiger partial charge in [-0.2, -0.15) is 0 Å². The van der Waals surface area contributed by atoms with E-state index in [0.29, 0.717) is 18.3 Å². The molecule has 0 aromatic rings. The predicted octanol–water partition coefficient (Wildman–Crippen LogP) is 1.88. The molecule has 4 unspecified atom stereocenters. The van der Waals surface area contributed by atoms with Crippen LogP contribution in [0.4, 0.5) is 0 Å². The van der Waals surface area contributed by atoms with E-state index in [1.54, 1.807) is 0 Å². The molecule has 0 aromatic heterocycles. The zero-order valence-corrected chi connectivity index (χ0v) is 9.94. The van der Waals surface area contributed by atoms with E-state index in [-0.39, 0.29) is 5.54 Å². The van der Waals surface area contributed by atoms with Gasteiger partial charge in [-0.25, -0.2) is 0 Å². The molecule has 0 aliphatic heterocycles. The van der Waals surface area contributed by atoms with Crippen molar-refractivity contribution in [2.45, 2.75) is 57.1 Å². The normalized spacial score (nSPS) is 47.4. The maximum atomic E-state index is 10.6. The van der Waals surface area contributed by atoms with Crippen molar-refractivity contribution in [1.82, 2.24) is 0 Å². The summed E-state index contributed by atoms with van der Waals surface area (Å²) in [6.45, 7) is 4.12. The Kier molecular flexibility index (Phi) is 2.61. The average Bonchev–Trinajstić information content (AvgIpc) is 1.93. The third-order valence-corrected chi connectivity index (χ3v) is 3.87. The van der Waals surface area contributed by atoms with Crippen molar-refractivity contribution in [3.8, 4) is 0 Å². The van der Waals surface area contributed by atoms with Crippen molar-refractivity contribution in [3.05, 3.63) is 10.1 Å². The highest BCUT2D eigenvalue weighted by Crippen LogP contribution is 2.49. The fraction of sp³-hybridized carbons (Fsp3) is 1.00. The molecular weight excluding hydrogens is 208 g/mol. The van der Waals surface area contributed by atoms with Gasteiger partial charge >= 0.3 is 0 Å². The summed E-state index contributed by atoms with van der Waals surface area (Å²) in [4.78, 5) is 15.6. The third kappa shape index (κ3) is 2.29. The molecule has 5 heteroatoms. The van der Waals surface area contributed by atoms with E-state index in [9.17, 15) is 10.1 Å². The van der Waals surface area contributed by atoms with E-state index in [1.807, 2.05) is 6.92 Å². The number of nitrogens with two attached hydrogens (primary N) is 1. The Labute approximate surface area is 95.4 Å². The van der Waals surface area contributed by atoms with Crippen molar-refractivity contribution in [2.24, 2.45) is 17.6 Å². The Morgan fingerprint density at radius 1 is 1.44 bits per heavy atom. The van der Waals surface area contributed by atoms with Gasteiger partial charge in [-0.05, 0) is 50.9 Å². The molecule has 0 spiro atoms. The largest absolute Gasteiger partial charge is 0.325 e. The van der Waals surface area contributed by atoms with Crippen molar-refractivity contribution >= 4 is 0 Å². The molecule has 2 saturated carbocycles. The zero-order valence-electron chi connectivity index (χ0n) is 9.94. The topological polar surface area (TPSA) is 78.4 Å². The highest BCUT2D eigenvalue weighted by atomic mass is 17.0. The lowest BCUT2D eigenvalue weighted by molar-refractivity contribution is -0.784. The molecule has 2 rings (SSSR count). The molecule has 2 aliphatic carbocycles. The van der Waals surface area contributed by atoms with Gasteiger partial charge in [0, 0.05) is 5.54 Å². The summed E-state index contributed by atoms with van der Waals surface area (Å²) in [5, 5.41) is 9.98. The number of rotatable bonds is 2. The van der Waals surface area contributed by atoms with Crippen LogP contribution < -0.4 is 5.73 Å². The fourth-order valence-corrected chi connectivity index (χ4v) is 4.01. The van der Waals surface area contributed by atoms with Crippen LogP contribution in [0.3, 0.4) is 0 Å². The van der Waals surface area contributed by atoms with Crippen LogP contribution in [0.2, 0.25) is 0 Å². The number of hydrogen-bond acceptors (Lipinski definition) is 4. The van der Waals surface area contributed by atoms with Crippen LogP contribution >= 0.6 is 0 Å². The Morgan fingerprint density at radius 2 is 2.12 bits per heavy atom. The maximum Gasteiger partial charge on any atom is 0.295 e. The quantitative estimate of drug-likeness (QED) is 0.578. The lowest BCUT2D eigenvalue weighted by Gasteiger charge is -2.51. The number of hydrogen-bond donors (Lipinski definition) is 1. The van der Waals surface area contributed by atoms with Gasteiger partial charge < -0.3 is 10.6 Å². The first kappa shape index (κ1) is 11.6. The van der Waals surface area contributed by atoms with E-state index in [4.69, 9.17) is 10.6 Å². The van der Waals surface area contributed by atoms with Crippen LogP contribution in [0.25, 0.3) is 0 Å². The van der Waals surface area contributed by atoms with Gasteiger partial charge in [-0.1, -0.05) is 6.92 Å². The lowest BCUT2D eigenvalue weighted by atomic mass is 9.60. The molecule has 2 N–H and O–H groups in total. The molecule has 0 saturated heterocycles. The van der Waals surface area contributed by atoms with Crippen molar-refractivity contribution in [1.29, 1.82) is 0 Å². The van der Waals surface area contributed by atoms with Gasteiger partial charge in [0.25, 0.3) is 5.09 Å². The SMILES string of the molecule is CC1CC2CC(C)(N)CC(O[N+](=O)[O-])(C1)C2. The van der Waals surface area contributed by atoms with Gasteiger partial charge in [0.2, 0.25) is 0 Å². The summed E-state index contributed by atoms with van der Waals surface area (Å²) in [7, 11) is 0. The third-order valence-electron chi connectivity index (χ3n) is 3.87. The number of fused-ring (bicyclic) bond motifs is 2. The maximum absolute atomic E-state index is 10.6. The van der Waals surface area contributed by atoms with Crippen LogP contribution in [-0.4, -0.2) is 16.2 Å². The summed E-state index contributed by atoms with van der Waals surface area (Å²) < 4.78 is 0. The second-order valence-electron chi connectivity index (χ2n) is 6.15. The van der Waals surface area contributed by atoms with Crippen LogP contribution in [0.15, 0.2) is 0 Å². The minimum atomic E-state index is -0.642. The summed E-state index contributed by atoms with van der Waals surface area (Å²) in [6, 6.07) is 0. The minimum absolute atomic E-state index is 0.320. The van der Waals surface area contributed by atoms with E-state index >= 15 is 0 Å². The van der Waals surface area contributed by atoms with Gasteiger partial charge in [0.1, 0.15) is 5.60 Å². The van der Waals surface area contributed by atoms with E-state index < -0.39 is 10.7 Å². The van der Waals surface area contributed by atoms with Gasteiger partial charge in [-0.15, -0.1) is 10.1 Å². The van der Waals surface area contributed by atoms with Gasteiger partial charge in [0.05, 0.1) is 0 Å². The minimum Gasteiger partial charge on any atom is -0.325 e. The first-order valence-corrected chi connectivity index (χ1v) is 5.93. The van der Waals surface area contributed by atoms with Crippen molar-refractivity contribution in [3.63, 3.8) is 0 Å².